The zero-order valence-corrected chi connectivity index (χ0v) is 17.7. The van der Waals surface area contributed by atoms with Crippen molar-refractivity contribution in [3.63, 3.8) is 0 Å². The van der Waals surface area contributed by atoms with Crippen molar-refractivity contribution < 1.29 is 9.21 Å². The molecule has 0 aliphatic rings. The van der Waals surface area contributed by atoms with Crippen LogP contribution in [-0.2, 0) is 11.2 Å². The first-order chi connectivity index (χ1) is 14.4. The van der Waals surface area contributed by atoms with Gasteiger partial charge in [-0.25, -0.2) is 4.68 Å². The van der Waals surface area contributed by atoms with E-state index < -0.39 is 6.04 Å². The van der Waals surface area contributed by atoms with Crippen LogP contribution in [0.5, 0.6) is 0 Å². The lowest BCUT2D eigenvalue weighted by Gasteiger charge is -2.21. The summed E-state index contributed by atoms with van der Waals surface area (Å²) >= 11 is 0. The predicted molar refractivity (Wildman–Crippen MR) is 116 cm³/mol. The molecule has 156 valence electrons. The summed E-state index contributed by atoms with van der Waals surface area (Å²) in [4.78, 5) is 26.3. The molecule has 4 rings (SSSR count). The van der Waals surface area contributed by atoms with Crippen molar-refractivity contribution in [3.05, 3.63) is 70.0 Å². The van der Waals surface area contributed by atoms with Gasteiger partial charge in [-0.05, 0) is 25.8 Å². The van der Waals surface area contributed by atoms with Crippen LogP contribution in [0.1, 0.15) is 56.4 Å². The average Bonchev–Trinajstić information content (AvgIpc) is 3.27. The number of hydrogen-bond acceptors (Lipinski definition) is 4. The number of fused-ring (bicyclic) bond motifs is 3. The van der Waals surface area contributed by atoms with Gasteiger partial charge in [0.2, 0.25) is 5.91 Å². The van der Waals surface area contributed by atoms with Gasteiger partial charge >= 0.3 is 0 Å². The Hall–Kier alpha value is -3.35. The number of rotatable bonds is 6. The number of benzene rings is 1. The third-order valence-electron chi connectivity index (χ3n) is 5.48. The fourth-order valence-corrected chi connectivity index (χ4v) is 3.93. The monoisotopic (exact) mass is 406 g/mol. The van der Waals surface area contributed by atoms with E-state index in [1.807, 2.05) is 68.5 Å². The number of nitrogens with one attached hydrogen (secondary N) is 1. The molecule has 0 saturated carbocycles. The molecule has 0 saturated heterocycles. The number of hydrogen-bond donors (Lipinski definition) is 1. The second-order valence-corrected chi connectivity index (χ2v) is 7.56. The van der Waals surface area contributed by atoms with E-state index in [1.54, 1.807) is 6.07 Å². The third-order valence-corrected chi connectivity index (χ3v) is 5.48. The van der Waals surface area contributed by atoms with Crippen LogP contribution in [-0.4, -0.2) is 20.1 Å². The SMILES string of the molecule is CCc1nn([C@@H](CC)C(=O)N[C@@H](C)c2ccccc2)c(=O)c2cc3oc(C)cc3n12. The Labute approximate surface area is 174 Å². The normalized spacial score (nSPS) is 13.6. The van der Waals surface area contributed by atoms with Gasteiger partial charge in [0.15, 0.2) is 5.58 Å². The molecule has 0 aliphatic heterocycles. The zero-order chi connectivity index (χ0) is 21.4. The molecule has 1 N–H and O–H groups in total. The van der Waals surface area contributed by atoms with Gasteiger partial charge in [-0.3, -0.25) is 14.0 Å². The highest BCUT2D eigenvalue weighted by Gasteiger charge is 2.25. The first kappa shape index (κ1) is 19.9. The van der Waals surface area contributed by atoms with Gasteiger partial charge in [-0.1, -0.05) is 44.2 Å². The number of aromatic nitrogens is 3. The van der Waals surface area contributed by atoms with E-state index in [0.29, 0.717) is 29.8 Å². The molecule has 4 aromatic rings. The van der Waals surface area contributed by atoms with E-state index >= 15 is 0 Å². The molecule has 3 heterocycles. The molecule has 0 fully saturated rings. The van der Waals surface area contributed by atoms with Crippen LogP contribution in [0.15, 0.2) is 51.7 Å². The summed E-state index contributed by atoms with van der Waals surface area (Å²) in [5.74, 6) is 1.27. The summed E-state index contributed by atoms with van der Waals surface area (Å²) in [6.45, 7) is 7.67. The van der Waals surface area contributed by atoms with Crippen molar-refractivity contribution in [1.29, 1.82) is 0 Å². The molecule has 3 aromatic heterocycles. The number of amides is 1. The highest BCUT2D eigenvalue weighted by Crippen LogP contribution is 2.24. The number of aryl methyl sites for hydroxylation is 2. The molecule has 1 amide bonds. The Morgan fingerprint density at radius 2 is 1.90 bits per heavy atom. The maximum atomic E-state index is 13.3. The second kappa shape index (κ2) is 7.82. The van der Waals surface area contributed by atoms with E-state index in [-0.39, 0.29) is 17.5 Å². The molecule has 2 atom stereocenters. The Bertz CT molecular complexity index is 1270. The summed E-state index contributed by atoms with van der Waals surface area (Å²) in [5.41, 5.74) is 2.65. The standard InChI is InChI=1S/C23H26N4O3/c1-5-17(22(28)24-15(4)16-10-8-7-9-11-16)27-23(29)19-13-20-18(12-14(3)30-20)26(19)21(6-2)25-27/h7-13,15,17H,5-6H2,1-4H3,(H,24,28)/t15-,17-/m0/s1. The van der Waals surface area contributed by atoms with Crippen molar-refractivity contribution in [2.75, 3.05) is 0 Å². The quantitative estimate of drug-likeness (QED) is 0.526. The Morgan fingerprint density at radius 3 is 2.57 bits per heavy atom. The largest absolute Gasteiger partial charge is 0.460 e. The zero-order valence-electron chi connectivity index (χ0n) is 17.7. The van der Waals surface area contributed by atoms with E-state index in [1.165, 1.54) is 4.68 Å². The third kappa shape index (κ3) is 3.30. The van der Waals surface area contributed by atoms with Crippen molar-refractivity contribution in [3.8, 4) is 0 Å². The smallest absolute Gasteiger partial charge is 0.291 e. The van der Waals surface area contributed by atoms with Crippen LogP contribution >= 0.6 is 0 Å². The molecule has 0 radical (unpaired) electrons. The molecular weight excluding hydrogens is 380 g/mol. The lowest BCUT2D eigenvalue weighted by molar-refractivity contribution is -0.125. The molecule has 1 aromatic carbocycles. The van der Waals surface area contributed by atoms with Gasteiger partial charge in [-0.2, -0.15) is 5.10 Å². The van der Waals surface area contributed by atoms with Crippen LogP contribution in [0, 0.1) is 6.92 Å². The minimum atomic E-state index is -0.693. The fourth-order valence-electron chi connectivity index (χ4n) is 3.93. The van der Waals surface area contributed by atoms with Gasteiger partial charge in [0.1, 0.15) is 23.1 Å². The fraction of sp³-hybridized carbons (Fsp3) is 0.348. The second-order valence-electron chi connectivity index (χ2n) is 7.56. The van der Waals surface area contributed by atoms with Gasteiger partial charge in [-0.15, -0.1) is 0 Å². The molecule has 7 heteroatoms. The molecular formula is C23H26N4O3. The maximum absolute atomic E-state index is 13.3. The van der Waals surface area contributed by atoms with Crippen LogP contribution in [0.4, 0.5) is 0 Å². The Morgan fingerprint density at radius 1 is 1.17 bits per heavy atom. The summed E-state index contributed by atoms with van der Waals surface area (Å²) in [6, 6.07) is 12.5. The van der Waals surface area contributed by atoms with E-state index in [0.717, 1.165) is 16.8 Å². The summed E-state index contributed by atoms with van der Waals surface area (Å²) in [7, 11) is 0. The van der Waals surface area contributed by atoms with Crippen LogP contribution in [0.2, 0.25) is 0 Å². The van der Waals surface area contributed by atoms with Crippen molar-refractivity contribution >= 4 is 22.5 Å². The number of carbonyl (C=O) groups excluding carboxylic acids is 1. The van der Waals surface area contributed by atoms with Crippen LogP contribution in [0.25, 0.3) is 16.6 Å². The highest BCUT2D eigenvalue weighted by molar-refractivity contribution is 5.84. The maximum Gasteiger partial charge on any atom is 0.291 e. The number of carbonyl (C=O) groups is 1. The number of nitrogens with zero attached hydrogens (tertiary/aromatic N) is 3. The molecule has 0 aliphatic carbocycles. The molecule has 0 bridgehead atoms. The highest BCUT2D eigenvalue weighted by atomic mass is 16.3. The first-order valence-corrected chi connectivity index (χ1v) is 10.3. The van der Waals surface area contributed by atoms with Crippen molar-refractivity contribution in [2.24, 2.45) is 0 Å². The van der Waals surface area contributed by atoms with Crippen LogP contribution in [0.3, 0.4) is 0 Å². The van der Waals surface area contributed by atoms with Crippen molar-refractivity contribution in [2.45, 2.75) is 52.6 Å². The summed E-state index contributed by atoms with van der Waals surface area (Å²) in [6.07, 6.45) is 1.07. The Kier molecular flexibility index (Phi) is 5.20. The van der Waals surface area contributed by atoms with Gasteiger partial charge in [0, 0.05) is 18.6 Å². The summed E-state index contributed by atoms with van der Waals surface area (Å²) < 4.78 is 8.87. The minimum absolute atomic E-state index is 0.170. The van der Waals surface area contributed by atoms with E-state index in [9.17, 15) is 9.59 Å². The first-order valence-electron chi connectivity index (χ1n) is 10.3. The topological polar surface area (TPSA) is 81.5 Å². The van der Waals surface area contributed by atoms with Crippen molar-refractivity contribution in [1.82, 2.24) is 19.5 Å². The molecule has 0 spiro atoms. The lowest BCUT2D eigenvalue weighted by Crippen LogP contribution is -2.40. The lowest BCUT2D eigenvalue weighted by atomic mass is 10.1. The summed E-state index contributed by atoms with van der Waals surface area (Å²) in [5, 5.41) is 7.61. The minimum Gasteiger partial charge on any atom is -0.460 e. The van der Waals surface area contributed by atoms with Gasteiger partial charge in [0.05, 0.1) is 11.6 Å². The van der Waals surface area contributed by atoms with Gasteiger partial charge < -0.3 is 9.73 Å². The molecule has 30 heavy (non-hydrogen) atoms. The average molecular weight is 406 g/mol. The van der Waals surface area contributed by atoms with Gasteiger partial charge in [0.25, 0.3) is 5.56 Å². The Balaban J connectivity index is 1.75. The predicted octanol–water partition coefficient (Wildman–Crippen LogP) is 3.94. The number of furan rings is 1. The van der Waals surface area contributed by atoms with Crippen LogP contribution < -0.4 is 10.9 Å². The molecule has 7 nitrogen and oxygen atoms in total. The van der Waals surface area contributed by atoms with E-state index in [4.69, 9.17) is 4.42 Å². The molecule has 0 unspecified atom stereocenters. The van der Waals surface area contributed by atoms with E-state index in [2.05, 4.69) is 10.4 Å².